The Labute approximate surface area is 202 Å². The highest BCUT2D eigenvalue weighted by molar-refractivity contribution is 5.83. The Kier molecular flexibility index (Phi) is 7.87. The molecule has 0 spiro atoms. The molecular weight excluding hydrogens is 455 g/mol. The van der Waals surface area contributed by atoms with Crippen molar-refractivity contribution in [1.29, 1.82) is 0 Å². The minimum atomic E-state index is -0.969. The zero-order valence-electron chi connectivity index (χ0n) is 19.9. The standard InChI is InChI=1S/C25H33FN4O5/c26-19-13-18-21(14-20(19)28-16-7-2-1-3-8-16)30(17-9-4-5-10-17)25(35)29(24(18)34)15-22(31)27-12-6-11-23(32)33/h13-14,16-17,28H,1-12,15H2,(H,27,31)(H,32,33). The maximum atomic E-state index is 15.1. The number of rotatable bonds is 9. The molecule has 1 aromatic heterocycles. The third kappa shape index (κ3) is 5.74. The van der Waals surface area contributed by atoms with Gasteiger partial charge < -0.3 is 15.7 Å². The summed E-state index contributed by atoms with van der Waals surface area (Å²) in [5.74, 6) is -2.09. The Hall–Kier alpha value is -3.17. The SMILES string of the molecule is O=C(O)CCCNC(=O)Cn1c(=O)c2cc(F)c(NC3CCCCC3)cc2n(C2CCCC2)c1=O. The largest absolute Gasteiger partial charge is 0.481 e. The van der Waals surface area contributed by atoms with Crippen molar-refractivity contribution in [2.45, 2.75) is 89.3 Å². The fourth-order valence-electron chi connectivity index (χ4n) is 5.30. The highest BCUT2D eigenvalue weighted by Gasteiger charge is 2.25. The van der Waals surface area contributed by atoms with Gasteiger partial charge in [-0.2, -0.15) is 0 Å². The van der Waals surface area contributed by atoms with Gasteiger partial charge in [0.2, 0.25) is 5.91 Å². The molecular formula is C25H33FN4O5. The first kappa shape index (κ1) is 24.9. The van der Waals surface area contributed by atoms with Gasteiger partial charge in [0, 0.05) is 25.0 Å². The van der Waals surface area contributed by atoms with Crippen molar-refractivity contribution in [2.75, 3.05) is 11.9 Å². The molecule has 0 saturated heterocycles. The van der Waals surface area contributed by atoms with Gasteiger partial charge in [-0.15, -0.1) is 0 Å². The lowest BCUT2D eigenvalue weighted by atomic mass is 9.95. The molecule has 4 rings (SSSR count). The molecule has 10 heteroatoms. The van der Waals surface area contributed by atoms with Crippen molar-refractivity contribution in [1.82, 2.24) is 14.5 Å². The van der Waals surface area contributed by atoms with Crippen molar-refractivity contribution in [3.8, 4) is 0 Å². The number of anilines is 1. The molecule has 2 fully saturated rings. The van der Waals surface area contributed by atoms with Crippen LogP contribution >= 0.6 is 0 Å². The van der Waals surface area contributed by atoms with E-state index in [0.717, 1.165) is 55.9 Å². The lowest BCUT2D eigenvalue weighted by molar-refractivity contribution is -0.137. The zero-order chi connectivity index (χ0) is 24.9. The van der Waals surface area contributed by atoms with E-state index in [0.29, 0.717) is 11.2 Å². The van der Waals surface area contributed by atoms with Crippen molar-refractivity contribution in [3.05, 3.63) is 38.8 Å². The number of carbonyl (C=O) groups excluding carboxylic acids is 1. The fraction of sp³-hybridized carbons (Fsp3) is 0.600. The summed E-state index contributed by atoms with van der Waals surface area (Å²) in [5, 5.41) is 14.6. The molecule has 1 amide bonds. The number of carbonyl (C=O) groups is 2. The Bertz CT molecular complexity index is 1210. The van der Waals surface area contributed by atoms with Gasteiger partial charge in [-0.05, 0) is 44.2 Å². The summed E-state index contributed by atoms with van der Waals surface area (Å²) in [5.41, 5.74) is -0.595. The van der Waals surface area contributed by atoms with E-state index in [9.17, 15) is 19.2 Å². The number of hydrogen-bond donors (Lipinski definition) is 3. The van der Waals surface area contributed by atoms with Crippen LogP contribution in [0.5, 0.6) is 0 Å². The van der Waals surface area contributed by atoms with Crippen LogP contribution < -0.4 is 21.9 Å². The van der Waals surface area contributed by atoms with Gasteiger partial charge in [0.15, 0.2) is 0 Å². The monoisotopic (exact) mass is 488 g/mol. The minimum absolute atomic E-state index is 0.0712. The summed E-state index contributed by atoms with van der Waals surface area (Å²) in [7, 11) is 0. The third-order valence-electron chi connectivity index (χ3n) is 7.10. The minimum Gasteiger partial charge on any atom is -0.481 e. The van der Waals surface area contributed by atoms with Crippen LogP contribution in [0.4, 0.5) is 10.1 Å². The normalized spacial score (nSPS) is 17.1. The predicted molar refractivity (Wildman–Crippen MR) is 130 cm³/mol. The van der Waals surface area contributed by atoms with E-state index >= 15 is 4.39 Å². The second-order valence-corrected chi connectivity index (χ2v) is 9.66. The Balaban J connectivity index is 1.70. The number of nitrogens with one attached hydrogen (secondary N) is 2. The van der Waals surface area contributed by atoms with Crippen LogP contribution in [0.1, 0.15) is 76.7 Å². The maximum Gasteiger partial charge on any atom is 0.332 e. The molecule has 0 aliphatic heterocycles. The molecule has 0 unspecified atom stereocenters. The average molecular weight is 489 g/mol. The Morgan fingerprint density at radius 1 is 1.03 bits per heavy atom. The van der Waals surface area contributed by atoms with Crippen LogP contribution in [0.3, 0.4) is 0 Å². The quantitative estimate of drug-likeness (QED) is 0.466. The molecule has 0 bridgehead atoms. The van der Waals surface area contributed by atoms with Crippen molar-refractivity contribution in [3.63, 3.8) is 0 Å². The second-order valence-electron chi connectivity index (χ2n) is 9.66. The van der Waals surface area contributed by atoms with Gasteiger partial charge in [0.05, 0.1) is 16.6 Å². The maximum absolute atomic E-state index is 15.1. The van der Waals surface area contributed by atoms with E-state index in [-0.39, 0.29) is 36.9 Å². The van der Waals surface area contributed by atoms with Gasteiger partial charge in [0.1, 0.15) is 12.4 Å². The highest BCUT2D eigenvalue weighted by Crippen LogP contribution is 2.32. The molecule has 2 aliphatic carbocycles. The van der Waals surface area contributed by atoms with Gasteiger partial charge in [-0.3, -0.25) is 23.5 Å². The average Bonchev–Trinajstić information content (AvgIpc) is 3.36. The first-order valence-electron chi connectivity index (χ1n) is 12.6. The molecule has 2 saturated carbocycles. The van der Waals surface area contributed by atoms with Gasteiger partial charge >= 0.3 is 11.7 Å². The number of benzene rings is 1. The molecule has 0 radical (unpaired) electrons. The van der Waals surface area contributed by atoms with Gasteiger partial charge in [0.25, 0.3) is 5.56 Å². The molecule has 0 atom stereocenters. The second kappa shape index (κ2) is 11.0. The number of amides is 1. The van der Waals surface area contributed by atoms with Crippen LogP contribution in [0.25, 0.3) is 10.9 Å². The van der Waals surface area contributed by atoms with E-state index in [1.54, 1.807) is 10.6 Å². The first-order chi connectivity index (χ1) is 16.8. The van der Waals surface area contributed by atoms with E-state index < -0.39 is 35.5 Å². The number of halogens is 1. The Morgan fingerprint density at radius 3 is 2.40 bits per heavy atom. The van der Waals surface area contributed by atoms with Gasteiger partial charge in [-0.1, -0.05) is 32.1 Å². The molecule has 1 aromatic carbocycles. The summed E-state index contributed by atoms with van der Waals surface area (Å²) < 4.78 is 17.5. The molecule has 1 heterocycles. The summed E-state index contributed by atoms with van der Waals surface area (Å²) in [6.45, 7) is -0.383. The summed E-state index contributed by atoms with van der Waals surface area (Å²) in [6.07, 6.45) is 8.86. The van der Waals surface area contributed by atoms with Crippen LogP contribution in [-0.4, -0.2) is 38.7 Å². The molecule has 35 heavy (non-hydrogen) atoms. The smallest absolute Gasteiger partial charge is 0.332 e. The summed E-state index contributed by atoms with van der Waals surface area (Å²) in [4.78, 5) is 49.8. The van der Waals surface area contributed by atoms with E-state index in [2.05, 4.69) is 10.6 Å². The Morgan fingerprint density at radius 2 is 1.71 bits per heavy atom. The summed E-state index contributed by atoms with van der Waals surface area (Å²) >= 11 is 0. The number of hydrogen-bond acceptors (Lipinski definition) is 5. The lowest BCUT2D eigenvalue weighted by Crippen LogP contribution is -2.44. The van der Waals surface area contributed by atoms with Crippen LogP contribution in [0, 0.1) is 5.82 Å². The molecule has 2 aliphatic rings. The number of nitrogens with zero attached hydrogens (tertiary/aromatic N) is 2. The molecule has 9 nitrogen and oxygen atoms in total. The zero-order valence-corrected chi connectivity index (χ0v) is 19.9. The summed E-state index contributed by atoms with van der Waals surface area (Å²) in [6, 6.07) is 2.79. The van der Waals surface area contributed by atoms with Crippen LogP contribution in [-0.2, 0) is 16.1 Å². The van der Waals surface area contributed by atoms with E-state index in [4.69, 9.17) is 5.11 Å². The number of aromatic nitrogens is 2. The number of fused-ring (bicyclic) bond motifs is 1. The lowest BCUT2D eigenvalue weighted by Gasteiger charge is -2.25. The van der Waals surface area contributed by atoms with E-state index in [1.807, 2.05) is 0 Å². The molecule has 3 N–H and O–H groups in total. The number of aliphatic carboxylic acids is 1. The molecule has 2 aromatic rings. The number of carboxylic acids is 1. The first-order valence-corrected chi connectivity index (χ1v) is 12.6. The topological polar surface area (TPSA) is 122 Å². The van der Waals surface area contributed by atoms with Crippen LogP contribution in [0.15, 0.2) is 21.7 Å². The third-order valence-corrected chi connectivity index (χ3v) is 7.10. The highest BCUT2D eigenvalue weighted by atomic mass is 19.1. The van der Waals surface area contributed by atoms with Crippen molar-refractivity contribution in [2.24, 2.45) is 0 Å². The van der Waals surface area contributed by atoms with Gasteiger partial charge in [-0.25, -0.2) is 9.18 Å². The number of carboxylic acid groups (broad SMARTS) is 1. The predicted octanol–water partition coefficient (Wildman–Crippen LogP) is 3.14. The van der Waals surface area contributed by atoms with E-state index in [1.165, 1.54) is 12.5 Å². The van der Waals surface area contributed by atoms with Crippen LogP contribution in [0.2, 0.25) is 0 Å². The fourth-order valence-corrected chi connectivity index (χ4v) is 5.30. The van der Waals surface area contributed by atoms with Crippen molar-refractivity contribution < 1.29 is 19.1 Å². The van der Waals surface area contributed by atoms with Crippen molar-refractivity contribution >= 4 is 28.5 Å². The molecule has 190 valence electrons.